The molecule has 0 aliphatic rings. The van der Waals surface area contributed by atoms with Crippen LogP contribution in [-0.4, -0.2) is 16.1 Å². The Bertz CT molecular complexity index is 716. The molecule has 0 fully saturated rings. The molecule has 3 rings (SSSR count). The number of aromatic nitrogens is 2. The molecule has 0 saturated heterocycles. The molecule has 1 heterocycles. The third-order valence-electron chi connectivity index (χ3n) is 2.93. The highest BCUT2D eigenvalue weighted by atomic mass is 16.1. The molecule has 1 amide bonds. The highest BCUT2D eigenvalue weighted by Crippen LogP contribution is 2.26. The molecule has 0 saturated carbocycles. The monoisotopic (exact) mass is 237 g/mol. The molecule has 0 unspecified atom stereocenters. The van der Waals surface area contributed by atoms with E-state index in [9.17, 15) is 4.79 Å². The fraction of sp³-hybridized carbons (Fsp3) is 0. The Balaban J connectivity index is 2.29. The first-order valence-electron chi connectivity index (χ1n) is 5.58. The van der Waals surface area contributed by atoms with Gasteiger partial charge in [0.1, 0.15) is 0 Å². The van der Waals surface area contributed by atoms with Crippen LogP contribution in [0.4, 0.5) is 0 Å². The molecule has 88 valence electrons. The van der Waals surface area contributed by atoms with Gasteiger partial charge in [-0.3, -0.25) is 9.89 Å². The number of primary amides is 1. The van der Waals surface area contributed by atoms with Crippen molar-refractivity contribution in [1.82, 2.24) is 10.2 Å². The van der Waals surface area contributed by atoms with Gasteiger partial charge in [0, 0.05) is 5.39 Å². The van der Waals surface area contributed by atoms with Crippen LogP contribution in [-0.2, 0) is 0 Å². The minimum Gasteiger partial charge on any atom is -0.366 e. The fourth-order valence-corrected chi connectivity index (χ4v) is 2.05. The average Bonchev–Trinajstić information content (AvgIpc) is 2.86. The highest BCUT2D eigenvalue weighted by molar-refractivity contribution is 6.07. The molecule has 2 aromatic carbocycles. The van der Waals surface area contributed by atoms with Crippen LogP contribution in [0, 0.1) is 0 Å². The summed E-state index contributed by atoms with van der Waals surface area (Å²) in [6.45, 7) is 0. The first-order valence-corrected chi connectivity index (χ1v) is 5.58. The molecule has 0 bridgehead atoms. The number of rotatable bonds is 2. The van der Waals surface area contributed by atoms with Crippen LogP contribution in [0.25, 0.3) is 22.0 Å². The van der Waals surface area contributed by atoms with Crippen LogP contribution in [0.3, 0.4) is 0 Å². The topological polar surface area (TPSA) is 71.8 Å². The van der Waals surface area contributed by atoms with Crippen LogP contribution in [0.2, 0.25) is 0 Å². The van der Waals surface area contributed by atoms with Gasteiger partial charge in [0.25, 0.3) is 0 Å². The lowest BCUT2D eigenvalue weighted by Gasteiger charge is -2.05. The van der Waals surface area contributed by atoms with Gasteiger partial charge in [-0.25, -0.2) is 0 Å². The van der Waals surface area contributed by atoms with Crippen LogP contribution in [0.5, 0.6) is 0 Å². The number of hydrogen-bond acceptors (Lipinski definition) is 2. The third-order valence-corrected chi connectivity index (χ3v) is 2.93. The Morgan fingerprint density at radius 3 is 2.61 bits per heavy atom. The summed E-state index contributed by atoms with van der Waals surface area (Å²) in [4.78, 5) is 11.5. The second-order valence-corrected chi connectivity index (χ2v) is 4.09. The SMILES string of the molecule is NC(=O)c1cc(-c2ccccc2)cc2[nH]ncc12. The van der Waals surface area contributed by atoms with Crippen molar-refractivity contribution in [2.75, 3.05) is 0 Å². The van der Waals surface area contributed by atoms with Gasteiger partial charge in [0.2, 0.25) is 5.91 Å². The number of amides is 1. The standard InChI is InChI=1S/C14H11N3O/c15-14(18)11-6-10(9-4-2-1-3-5-9)7-13-12(11)8-16-17-13/h1-8H,(H2,15,18)(H,16,17). The summed E-state index contributed by atoms with van der Waals surface area (Å²) >= 11 is 0. The number of H-pyrrole nitrogens is 1. The molecule has 3 aromatic rings. The summed E-state index contributed by atoms with van der Waals surface area (Å²) < 4.78 is 0. The van der Waals surface area contributed by atoms with Crippen molar-refractivity contribution < 1.29 is 4.79 Å². The predicted octanol–water partition coefficient (Wildman–Crippen LogP) is 2.33. The number of fused-ring (bicyclic) bond motifs is 1. The van der Waals surface area contributed by atoms with Crippen LogP contribution in [0.1, 0.15) is 10.4 Å². The van der Waals surface area contributed by atoms with E-state index >= 15 is 0 Å². The number of benzene rings is 2. The highest BCUT2D eigenvalue weighted by Gasteiger charge is 2.11. The van der Waals surface area contributed by atoms with E-state index in [0.29, 0.717) is 5.56 Å². The van der Waals surface area contributed by atoms with E-state index in [1.807, 2.05) is 36.4 Å². The normalized spacial score (nSPS) is 10.7. The maximum Gasteiger partial charge on any atom is 0.249 e. The van der Waals surface area contributed by atoms with Crippen molar-refractivity contribution in [2.45, 2.75) is 0 Å². The first kappa shape index (κ1) is 10.5. The van der Waals surface area contributed by atoms with E-state index in [1.54, 1.807) is 12.3 Å². The van der Waals surface area contributed by atoms with E-state index < -0.39 is 5.91 Å². The molecule has 18 heavy (non-hydrogen) atoms. The molecule has 4 nitrogen and oxygen atoms in total. The van der Waals surface area contributed by atoms with Crippen LogP contribution >= 0.6 is 0 Å². The lowest BCUT2D eigenvalue weighted by atomic mass is 10.00. The predicted molar refractivity (Wildman–Crippen MR) is 70.0 cm³/mol. The minimum atomic E-state index is -0.445. The maximum absolute atomic E-state index is 11.5. The van der Waals surface area contributed by atoms with Gasteiger partial charge < -0.3 is 5.73 Å². The fourth-order valence-electron chi connectivity index (χ4n) is 2.05. The van der Waals surface area contributed by atoms with E-state index in [2.05, 4.69) is 10.2 Å². The lowest BCUT2D eigenvalue weighted by Crippen LogP contribution is -2.11. The molecular weight excluding hydrogens is 226 g/mol. The van der Waals surface area contributed by atoms with Crippen molar-refractivity contribution in [3.05, 3.63) is 54.2 Å². The Labute approximate surface area is 103 Å². The quantitative estimate of drug-likeness (QED) is 0.718. The van der Waals surface area contributed by atoms with Crippen molar-refractivity contribution in [2.24, 2.45) is 5.73 Å². The Morgan fingerprint density at radius 1 is 1.11 bits per heavy atom. The van der Waals surface area contributed by atoms with Crippen molar-refractivity contribution in [3.8, 4) is 11.1 Å². The molecule has 4 heteroatoms. The van der Waals surface area contributed by atoms with Crippen LogP contribution < -0.4 is 5.73 Å². The maximum atomic E-state index is 11.5. The molecule has 3 N–H and O–H groups in total. The van der Waals surface area contributed by atoms with Crippen molar-refractivity contribution in [3.63, 3.8) is 0 Å². The first-order chi connectivity index (χ1) is 8.75. The number of carbonyl (C=O) groups excluding carboxylic acids is 1. The largest absolute Gasteiger partial charge is 0.366 e. The van der Waals surface area contributed by atoms with Crippen molar-refractivity contribution in [1.29, 1.82) is 0 Å². The summed E-state index contributed by atoms with van der Waals surface area (Å²) in [5, 5.41) is 7.57. The number of nitrogens with zero attached hydrogens (tertiary/aromatic N) is 1. The smallest absolute Gasteiger partial charge is 0.249 e. The molecular formula is C14H11N3O. The lowest BCUT2D eigenvalue weighted by molar-refractivity contribution is 0.100. The third kappa shape index (κ3) is 1.64. The van der Waals surface area contributed by atoms with Gasteiger partial charge in [0.05, 0.1) is 17.3 Å². The van der Waals surface area contributed by atoms with Gasteiger partial charge in [-0.15, -0.1) is 0 Å². The summed E-state index contributed by atoms with van der Waals surface area (Å²) in [5.41, 5.74) is 8.69. The van der Waals surface area contributed by atoms with E-state index in [0.717, 1.165) is 22.0 Å². The Morgan fingerprint density at radius 2 is 1.89 bits per heavy atom. The van der Waals surface area contributed by atoms with Gasteiger partial charge in [0.15, 0.2) is 0 Å². The summed E-state index contributed by atoms with van der Waals surface area (Å²) in [7, 11) is 0. The average molecular weight is 237 g/mol. The molecule has 0 atom stereocenters. The van der Waals surface area contributed by atoms with Gasteiger partial charge in [-0.05, 0) is 23.3 Å². The van der Waals surface area contributed by atoms with Gasteiger partial charge in [-0.2, -0.15) is 5.10 Å². The van der Waals surface area contributed by atoms with E-state index in [4.69, 9.17) is 5.73 Å². The van der Waals surface area contributed by atoms with Gasteiger partial charge in [-0.1, -0.05) is 30.3 Å². The van der Waals surface area contributed by atoms with Crippen LogP contribution in [0.15, 0.2) is 48.7 Å². The number of carbonyl (C=O) groups is 1. The zero-order valence-electron chi connectivity index (χ0n) is 9.55. The van der Waals surface area contributed by atoms with E-state index in [1.165, 1.54) is 0 Å². The second kappa shape index (κ2) is 4.00. The number of hydrogen-bond donors (Lipinski definition) is 2. The summed E-state index contributed by atoms with van der Waals surface area (Å²) in [6.07, 6.45) is 1.62. The molecule has 0 radical (unpaired) electrons. The summed E-state index contributed by atoms with van der Waals surface area (Å²) in [6, 6.07) is 13.6. The Hall–Kier alpha value is -2.62. The number of nitrogens with one attached hydrogen (secondary N) is 1. The zero-order chi connectivity index (χ0) is 12.5. The zero-order valence-corrected chi connectivity index (χ0v) is 9.55. The molecule has 0 aliphatic carbocycles. The molecule has 1 aromatic heterocycles. The number of aromatic amines is 1. The molecule has 0 aliphatic heterocycles. The second-order valence-electron chi connectivity index (χ2n) is 4.09. The van der Waals surface area contributed by atoms with Gasteiger partial charge >= 0.3 is 0 Å². The Kier molecular flexibility index (Phi) is 2.34. The number of nitrogens with two attached hydrogens (primary N) is 1. The minimum absolute atomic E-state index is 0.445. The van der Waals surface area contributed by atoms with Crippen molar-refractivity contribution >= 4 is 16.8 Å². The van der Waals surface area contributed by atoms with E-state index in [-0.39, 0.29) is 0 Å². The molecule has 0 spiro atoms. The summed E-state index contributed by atoms with van der Waals surface area (Å²) in [5.74, 6) is -0.445.